The predicted octanol–water partition coefficient (Wildman–Crippen LogP) is 1.04. The van der Waals surface area contributed by atoms with E-state index in [9.17, 15) is 0 Å². The molecule has 0 bridgehead atoms. The predicted molar refractivity (Wildman–Crippen MR) is 40.7 cm³/mol. The molecule has 1 unspecified atom stereocenters. The molecule has 4 nitrogen and oxygen atoms in total. The second kappa shape index (κ2) is 3.00. The number of aromatic nitrogens is 2. The average molecular weight is 155 g/mol. The van der Waals surface area contributed by atoms with E-state index in [0.717, 1.165) is 12.8 Å². The van der Waals surface area contributed by atoms with Gasteiger partial charge in [0.05, 0.1) is 5.54 Å². The molecule has 0 aliphatic carbocycles. The molecule has 11 heavy (non-hydrogen) atoms. The highest BCUT2D eigenvalue weighted by Crippen LogP contribution is 2.18. The third-order valence-corrected chi connectivity index (χ3v) is 1.64. The maximum atomic E-state index is 5.91. The first-order valence-electron chi connectivity index (χ1n) is 3.72. The lowest BCUT2D eigenvalue weighted by Gasteiger charge is -2.18. The number of hydrogen-bond acceptors (Lipinski definition) is 4. The van der Waals surface area contributed by atoms with Gasteiger partial charge in [0.2, 0.25) is 6.39 Å². The second-order valence-corrected chi connectivity index (χ2v) is 2.92. The molecule has 0 aliphatic rings. The summed E-state index contributed by atoms with van der Waals surface area (Å²) >= 11 is 0. The van der Waals surface area contributed by atoms with Crippen LogP contribution in [0.3, 0.4) is 0 Å². The summed E-state index contributed by atoms with van der Waals surface area (Å²) in [6.07, 6.45) is 3.18. The highest BCUT2D eigenvalue weighted by atomic mass is 16.5. The third-order valence-electron chi connectivity index (χ3n) is 1.64. The summed E-state index contributed by atoms with van der Waals surface area (Å²) in [5, 5.41) is 3.70. The van der Waals surface area contributed by atoms with Gasteiger partial charge in [0.15, 0.2) is 5.82 Å². The molecular weight excluding hydrogens is 142 g/mol. The van der Waals surface area contributed by atoms with Crippen LogP contribution in [-0.4, -0.2) is 10.1 Å². The lowest BCUT2D eigenvalue weighted by molar-refractivity contribution is 0.364. The van der Waals surface area contributed by atoms with Gasteiger partial charge >= 0.3 is 0 Å². The van der Waals surface area contributed by atoms with Crippen LogP contribution in [0.25, 0.3) is 0 Å². The number of nitrogens with zero attached hydrogens (tertiary/aromatic N) is 2. The van der Waals surface area contributed by atoms with Gasteiger partial charge in [-0.25, -0.2) is 0 Å². The van der Waals surface area contributed by atoms with Crippen molar-refractivity contribution in [3.05, 3.63) is 12.2 Å². The van der Waals surface area contributed by atoms with Crippen LogP contribution in [0.2, 0.25) is 0 Å². The van der Waals surface area contributed by atoms with Crippen LogP contribution >= 0.6 is 0 Å². The fourth-order valence-corrected chi connectivity index (χ4v) is 1.05. The van der Waals surface area contributed by atoms with Crippen molar-refractivity contribution in [2.75, 3.05) is 0 Å². The van der Waals surface area contributed by atoms with Crippen molar-refractivity contribution >= 4 is 0 Å². The molecule has 0 aliphatic heterocycles. The van der Waals surface area contributed by atoms with E-state index in [1.165, 1.54) is 6.39 Å². The van der Waals surface area contributed by atoms with E-state index >= 15 is 0 Å². The van der Waals surface area contributed by atoms with Crippen molar-refractivity contribution in [3.63, 3.8) is 0 Å². The normalized spacial score (nSPS) is 16.3. The van der Waals surface area contributed by atoms with E-state index in [2.05, 4.69) is 21.6 Å². The zero-order valence-corrected chi connectivity index (χ0v) is 6.87. The third kappa shape index (κ3) is 1.77. The maximum Gasteiger partial charge on any atom is 0.213 e. The van der Waals surface area contributed by atoms with Gasteiger partial charge in [-0.3, -0.25) is 0 Å². The van der Waals surface area contributed by atoms with Gasteiger partial charge in [0.25, 0.3) is 0 Å². The molecule has 2 N–H and O–H groups in total. The van der Waals surface area contributed by atoms with E-state index in [4.69, 9.17) is 5.73 Å². The van der Waals surface area contributed by atoms with Gasteiger partial charge in [-0.15, -0.1) is 0 Å². The Morgan fingerprint density at radius 1 is 1.73 bits per heavy atom. The molecule has 0 saturated heterocycles. The van der Waals surface area contributed by atoms with Crippen molar-refractivity contribution in [3.8, 4) is 0 Å². The Morgan fingerprint density at radius 2 is 2.45 bits per heavy atom. The topological polar surface area (TPSA) is 64.9 Å². The summed E-state index contributed by atoms with van der Waals surface area (Å²) in [5.41, 5.74) is 5.47. The van der Waals surface area contributed by atoms with Crippen LogP contribution in [0.1, 0.15) is 32.5 Å². The summed E-state index contributed by atoms with van der Waals surface area (Å²) in [7, 11) is 0. The van der Waals surface area contributed by atoms with Gasteiger partial charge in [0, 0.05) is 0 Å². The minimum absolute atomic E-state index is 0.443. The molecule has 0 saturated carbocycles. The molecule has 0 fully saturated rings. The van der Waals surface area contributed by atoms with E-state index < -0.39 is 5.54 Å². The molecule has 4 heteroatoms. The standard InChI is InChI=1S/C7H13N3O/c1-3-4-7(2,8)6-9-5-11-10-6/h5H,3-4,8H2,1-2H3. The van der Waals surface area contributed by atoms with Crippen LogP contribution < -0.4 is 5.73 Å². The van der Waals surface area contributed by atoms with E-state index in [1.807, 2.05) is 6.92 Å². The largest absolute Gasteiger partial charge is 0.343 e. The lowest BCUT2D eigenvalue weighted by atomic mass is 9.97. The quantitative estimate of drug-likeness (QED) is 0.708. The van der Waals surface area contributed by atoms with Crippen LogP contribution in [0, 0.1) is 0 Å². The Morgan fingerprint density at radius 3 is 2.91 bits per heavy atom. The lowest BCUT2D eigenvalue weighted by Crippen LogP contribution is -2.33. The van der Waals surface area contributed by atoms with Crippen LogP contribution in [0.4, 0.5) is 0 Å². The average Bonchev–Trinajstić information content (AvgIpc) is 2.37. The van der Waals surface area contributed by atoms with Crippen molar-refractivity contribution in [2.24, 2.45) is 5.73 Å². The molecule has 62 valence electrons. The highest BCUT2D eigenvalue weighted by molar-refractivity contribution is 4.98. The Hall–Kier alpha value is -0.900. The maximum absolute atomic E-state index is 5.91. The molecule has 1 aromatic heterocycles. The zero-order chi connectivity index (χ0) is 8.32. The zero-order valence-electron chi connectivity index (χ0n) is 6.87. The van der Waals surface area contributed by atoms with E-state index in [0.29, 0.717) is 5.82 Å². The SMILES string of the molecule is CCCC(C)(N)c1ncon1. The monoisotopic (exact) mass is 155 g/mol. The first-order chi connectivity index (χ1) is 5.17. The Kier molecular flexibility index (Phi) is 2.24. The molecule has 1 atom stereocenters. The van der Waals surface area contributed by atoms with Crippen LogP contribution in [0.15, 0.2) is 10.9 Å². The fraction of sp³-hybridized carbons (Fsp3) is 0.714. The van der Waals surface area contributed by atoms with Gasteiger partial charge in [0.1, 0.15) is 0 Å². The molecular formula is C7H13N3O. The van der Waals surface area contributed by atoms with Crippen molar-refractivity contribution < 1.29 is 4.52 Å². The Labute approximate surface area is 65.8 Å². The summed E-state index contributed by atoms with van der Waals surface area (Å²) in [6, 6.07) is 0. The second-order valence-electron chi connectivity index (χ2n) is 2.92. The van der Waals surface area contributed by atoms with Crippen molar-refractivity contribution in [1.29, 1.82) is 0 Å². The summed E-state index contributed by atoms with van der Waals surface area (Å²) in [6.45, 7) is 3.98. The molecule has 0 spiro atoms. The summed E-state index contributed by atoms with van der Waals surface area (Å²) < 4.78 is 4.61. The Balaban J connectivity index is 2.73. The number of nitrogens with two attached hydrogens (primary N) is 1. The molecule has 1 rings (SSSR count). The van der Waals surface area contributed by atoms with Gasteiger partial charge in [-0.05, 0) is 13.3 Å². The first kappa shape index (κ1) is 8.20. The highest BCUT2D eigenvalue weighted by Gasteiger charge is 2.24. The minimum Gasteiger partial charge on any atom is -0.343 e. The Bertz CT molecular complexity index is 205. The van der Waals surface area contributed by atoms with Crippen LogP contribution in [0.5, 0.6) is 0 Å². The van der Waals surface area contributed by atoms with E-state index in [-0.39, 0.29) is 0 Å². The van der Waals surface area contributed by atoms with Crippen LogP contribution in [-0.2, 0) is 5.54 Å². The molecule has 1 aromatic rings. The van der Waals surface area contributed by atoms with Gasteiger partial charge in [-0.2, -0.15) is 4.98 Å². The van der Waals surface area contributed by atoms with E-state index in [1.54, 1.807) is 0 Å². The van der Waals surface area contributed by atoms with Crippen molar-refractivity contribution in [1.82, 2.24) is 10.1 Å². The molecule has 0 amide bonds. The van der Waals surface area contributed by atoms with Crippen molar-refractivity contribution in [2.45, 2.75) is 32.2 Å². The first-order valence-corrected chi connectivity index (χ1v) is 3.72. The molecule has 0 aromatic carbocycles. The molecule has 1 heterocycles. The van der Waals surface area contributed by atoms with Gasteiger partial charge < -0.3 is 10.3 Å². The smallest absolute Gasteiger partial charge is 0.213 e. The minimum atomic E-state index is -0.443. The van der Waals surface area contributed by atoms with Gasteiger partial charge in [-0.1, -0.05) is 18.5 Å². The fourth-order valence-electron chi connectivity index (χ4n) is 1.05. The summed E-state index contributed by atoms with van der Waals surface area (Å²) in [5.74, 6) is 0.583. The number of hydrogen-bond donors (Lipinski definition) is 1. The summed E-state index contributed by atoms with van der Waals surface area (Å²) in [4.78, 5) is 3.90. The molecule has 0 radical (unpaired) electrons. The number of rotatable bonds is 3.